The number of ether oxygens (including phenoxy) is 1. The first-order valence-corrected chi connectivity index (χ1v) is 9.50. The molecule has 0 spiro atoms. The fourth-order valence-electron chi connectivity index (χ4n) is 3.62. The van der Waals surface area contributed by atoms with Gasteiger partial charge in [0, 0.05) is 29.6 Å². The van der Waals surface area contributed by atoms with Crippen LogP contribution in [0.25, 0.3) is 10.9 Å². The minimum atomic E-state index is -0.888. The van der Waals surface area contributed by atoms with E-state index >= 15 is 0 Å². The molecule has 1 amide bonds. The van der Waals surface area contributed by atoms with Crippen molar-refractivity contribution < 1.29 is 18.3 Å². The predicted molar refractivity (Wildman–Crippen MR) is 112 cm³/mol. The number of fused-ring (bicyclic) bond motifs is 1. The number of nitrogens with one attached hydrogen (secondary N) is 2. The van der Waals surface area contributed by atoms with Crippen LogP contribution in [-0.2, 0) is 0 Å². The van der Waals surface area contributed by atoms with Crippen molar-refractivity contribution in [1.82, 2.24) is 10.3 Å². The van der Waals surface area contributed by atoms with Gasteiger partial charge in [-0.15, -0.1) is 0 Å². The van der Waals surface area contributed by atoms with Crippen LogP contribution in [0.4, 0.5) is 8.78 Å². The zero-order chi connectivity index (χ0) is 21.1. The molecule has 0 saturated heterocycles. The van der Waals surface area contributed by atoms with E-state index in [0.29, 0.717) is 5.75 Å². The Kier molecular flexibility index (Phi) is 5.48. The van der Waals surface area contributed by atoms with Gasteiger partial charge in [-0.3, -0.25) is 4.79 Å². The van der Waals surface area contributed by atoms with Crippen molar-refractivity contribution in [3.63, 3.8) is 0 Å². The van der Waals surface area contributed by atoms with Crippen LogP contribution in [-0.4, -0.2) is 24.5 Å². The number of methoxy groups -OCH3 is 1. The number of carbonyl (C=O) groups excluding carboxylic acids is 1. The number of halogens is 2. The molecule has 1 heterocycles. The molecule has 0 saturated carbocycles. The van der Waals surface area contributed by atoms with Crippen molar-refractivity contribution in [2.75, 3.05) is 13.7 Å². The number of hydrogen-bond acceptors (Lipinski definition) is 2. The Bertz CT molecular complexity index is 1170. The molecule has 2 N–H and O–H groups in total. The second kappa shape index (κ2) is 8.37. The monoisotopic (exact) mass is 406 g/mol. The smallest absolute Gasteiger partial charge is 0.257 e. The maximum Gasteiger partial charge on any atom is 0.257 e. The standard InChI is InChI=1S/C24H20F2N2O2/c1-30-16-11-9-15(10-12-16)18(19-14-27-22-8-3-2-5-17(19)22)13-28-24(29)23-20(25)6-4-7-21(23)26/h2-12,14,18,27H,13H2,1H3,(H,28,29). The lowest BCUT2D eigenvalue weighted by Gasteiger charge is -2.19. The zero-order valence-electron chi connectivity index (χ0n) is 16.3. The van der Waals surface area contributed by atoms with Crippen LogP contribution in [0.2, 0.25) is 0 Å². The summed E-state index contributed by atoms with van der Waals surface area (Å²) in [7, 11) is 1.59. The number of carbonyl (C=O) groups is 1. The fraction of sp³-hybridized carbons (Fsp3) is 0.125. The van der Waals surface area contributed by atoms with Crippen LogP contribution in [0.15, 0.2) is 72.9 Å². The van der Waals surface area contributed by atoms with Crippen LogP contribution in [0.3, 0.4) is 0 Å². The Labute approximate surface area is 172 Å². The average Bonchev–Trinajstić information content (AvgIpc) is 3.18. The highest BCUT2D eigenvalue weighted by Crippen LogP contribution is 2.31. The number of aromatic nitrogens is 1. The lowest BCUT2D eigenvalue weighted by Crippen LogP contribution is -2.30. The summed E-state index contributed by atoms with van der Waals surface area (Å²) in [5.41, 5.74) is 2.31. The van der Waals surface area contributed by atoms with Gasteiger partial charge in [-0.25, -0.2) is 8.78 Å². The Hall–Kier alpha value is -3.67. The van der Waals surface area contributed by atoms with Crippen LogP contribution < -0.4 is 10.1 Å². The highest BCUT2D eigenvalue weighted by molar-refractivity contribution is 5.95. The van der Waals surface area contributed by atoms with E-state index in [4.69, 9.17) is 4.74 Å². The molecule has 0 aliphatic carbocycles. The van der Waals surface area contributed by atoms with Gasteiger partial charge in [0.1, 0.15) is 22.9 Å². The molecule has 0 fully saturated rings. The average molecular weight is 406 g/mol. The number of benzene rings is 3. The molecule has 0 radical (unpaired) electrons. The van der Waals surface area contributed by atoms with Crippen molar-refractivity contribution in [2.45, 2.75) is 5.92 Å². The summed E-state index contributed by atoms with van der Waals surface area (Å²) in [5, 5.41) is 3.71. The first kappa shape index (κ1) is 19.6. The van der Waals surface area contributed by atoms with Crippen molar-refractivity contribution in [3.8, 4) is 5.75 Å². The molecule has 4 nitrogen and oxygen atoms in total. The highest BCUT2D eigenvalue weighted by atomic mass is 19.1. The molecule has 3 aromatic carbocycles. The molecule has 4 rings (SSSR count). The summed E-state index contributed by atoms with van der Waals surface area (Å²) < 4.78 is 33.2. The Morgan fingerprint density at radius 1 is 1.00 bits per heavy atom. The van der Waals surface area contributed by atoms with Gasteiger partial charge < -0.3 is 15.0 Å². The van der Waals surface area contributed by atoms with E-state index in [0.717, 1.165) is 34.2 Å². The van der Waals surface area contributed by atoms with Crippen molar-refractivity contribution >= 4 is 16.8 Å². The Balaban J connectivity index is 1.68. The minimum Gasteiger partial charge on any atom is -0.497 e. The molecular weight excluding hydrogens is 386 g/mol. The van der Waals surface area contributed by atoms with E-state index < -0.39 is 23.1 Å². The predicted octanol–water partition coefficient (Wildman–Crippen LogP) is 5.02. The van der Waals surface area contributed by atoms with E-state index in [9.17, 15) is 13.6 Å². The van der Waals surface area contributed by atoms with Crippen molar-refractivity contribution in [2.24, 2.45) is 0 Å². The molecule has 30 heavy (non-hydrogen) atoms. The molecule has 1 unspecified atom stereocenters. The van der Waals surface area contributed by atoms with E-state index in [1.807, 2.05) is 54.7 Å². The van der Waals surface area contributed by atoms with E-state index in [1.165, 1.54) is 6.07 Å². The fourth-order valence-corrected chi connectivity index (χ4v) is 3.62. The molecule has 0 aliphatic rings. The van der Waals surface area contributed by atoms with Gasteiger partial charge in [0.05, 0.1) is 7.11 Å². The van der Waals surface area contributed by atoms with Crippen LogP contribution in [0.1, 0.15) is 27.4 Å². The molecule has 4 aromatic rings. The zero-order valence-corrected chi connectivity index (χ0v) is 16.3. The third kappa shape index (κ3) is 3.76. The van der Waals surface area contributed by atoms with E-state index in [-0.39, 0.29) is 12.5 Å². The first-order valence-electron chi connectivity index (χ1n) is 9.50. The van der Waals surface area contributed by atoms with Crippen molar-refractivity contribution in [1.29, 1.82) is 0 Å². The Morgan fingerprint density at radius 2 is 1.70 bits per heavy atom. The van der Waals surface area contributed by atoms with Gasteiger partial charge in [0.15, 0.2) is 0 Å². The number of rotatable bonds is 6. The first-order chi connectivity index (χ1) is 14.6. The summed E-state index contributed by atoms with van der Waals surface area (Å²) in [5.74, 6) is -2.08. The van der Waals surface area contributed by atoms with Gasteiger partial charge in [-0.05, 0) is 41.5 Å². The van der Waals surface area contributed by atoms with Gasteiger partial charge in [-0.2, -0.15) is 0 Å². The number of hydrogen-bond donors (Lipinski definition) is 2. The summed E-state index contributed by atoms with van der Waals surface area (Å²) in [6.45, 7) is 0.167. The minimum absolute atomic E-state index is 0.167. The SMILES string of the molecule is COc1ccc(C(CNC(=O)c2c(F)cccc2F)c2c[nH]c3ccccc23)cc1. The third-order valence-corrected chi connectivity index (χ3v) is 5.17. The number of H-pyrrole nitrogens is 1. The summed E-state index contributed by atoms with van der Waals surface area (Å²) in [6.07, 6.45) is 1.90. The van der Waals surface area contributed by atoms with Gasteiger partial charge in [0.25, 0.3) is 5.91 Å². The second-order valence-corrected chi connectivity index (χ2v) is 6.92. The van der Waals surface area contributed by atoms with Gasteiger partial charge in [0.2, 0.25) is 0 Å². The summed E-state index contributed by atoms with van der Waals surface area (Å²) in [6, 6.07) is 18.7. The maximum atomic E-state index is 14.0. The van der Waals surface area contributed by atoms with Crippen LogP contribution in [0.5, 0.6) is 5.75 Å². The lowest BCUT2D eigenvalue weighted by atomic mass is 9.90. The van der Waals surface area contributed by atoms with Crippen LogP contribution in [0, 0.1) is 11.6 Å². The molecule has 0 aliphatic heterocycles. The number of amides is 1. The molecule has 1 aromatic heterocycles. The third-order valence-electron chi connectivity index (χ3n) is 5.17. The molecule has 1 atom stereocenters. The summed E-state index contributed by atoms with van der Waals surface area (Å²) >= 11 is 0. The number of para-hydroxylation sites is 1. The van der Waals surface area contributed by atoms with Gasteiger partial charge >= 0.3 is 0 Å². The molecule has 6 heteroatoms. The van der Waals surface area contributed by atoms with E-state index in [1.54, 1.807) is 7.11 Å². The van der Waals surface area contributed by atoms with Crippen LogP contribution >= 0.6 is 0 Å². The topological polar surface area (TPSA) is 54.1 Å². The van der Waals surface area contributed by atoms with Crippen molar-refractivity contribution in [3.05, 3.63) is 101 Å². The highest BCUT2D eigenvalue weighted by Gasteiger charge is 2.22. The maximum absolute atomic E-state index is 14.0. The number of aromatic amines is 1. The van der Waals surface area contributed by atoms with Gasteiger partial charge in [-0.1, -0.05) is 36.4 Å². The normalized spacial score (nSPS) is 12.0. The van der Waals surface area contributed by atoms with E-state index in [2.05, 4.69) is 10.3 Å². The quantitative estimate of drug-likeness (QED) is 0.473. The largest absolute Gasteiger partial charge is 0.497 e. The molecule has 152 valence electrons. The summed E-state index contributed by atoms with van der Waals surface area (Å²) in [4.78, 5) is 15.8. The lowest BCUT2D eigenvalue weighted by molar-refractivity contribution is 0.0944. The molecule has 0 bridgehead atoms. The molecular formula is C24H20F2N2O2. The second-order valence-electron chi connectivity index (χ2n) is 6.92. The Morgan fingerprint density at radius 3 is 2.40 bits per heavy atom.